The molecular weight excluding hydrogens is 406 g/mol. The Hall–Kier alpha value is -1.08. The predicted molar refractivity (Wildman–Crippen MR) is 73.0 cm³/mol. The Morgan fingerprint density at radius 3 is 1.96 bits per heavy atom. The minimum atomic E-state index is -5.31. The van der Waals surface area contributed by atoms with Crippen LogP contribution in [0.2, 0.25) is 0 Å². The second-order valence-electron chi connectivity index (χ2n) is 5.31. The smallest absolute Gasteiger partial charge is 0.376 e. The van der Waals surface area contributed by atoms with Crippen molar-refractivity contribution in [1.29, 1.82) is 0 Å². The maximum atomic E-state index is 13.9. The highest BCUT2D eigenvalue weighted by Gasteiger charge is 2.62. The predicted octanol–water partition coefficient (Wildman–Crippen LogP) is 4.42. The summed E-state index contributed by atoms with van der Waals surface area (Å²) in [5.74, 6) is -4.41. The minimum absolute atomic E-state index is 0.284. The summed E-state index contributed by atoms with van der Waals surface area (Å²) in [5, 5.41) is 0. The van der Waals surface area contributed by atoms with E-state index in [-0.39, 0.29) is 6.61 Å². The van der Waals surface area contributed by atoms with E-state index in [4.69, 9.17) is 0 Å². The summed E-state index contributed by atoms with van der Waals surface area (Å²) in [7, 11) is 0. The monoisotopic (exact) mass is 424 g/mol. The first-order chi connectivity index (χ1) is 12.2. The van der Waals surface area contributed by atoms with Crippen LogP contribution in [-0.2, 0) is 14.2 Å². The molecule has 162 valence electrons. The molecule has 0 aromatic heterocycles. The van der Waals surface area contributed by atoms with Crippen LogP contribution in [0.5, 0.6) is 0 Å². The second-order valence-corrected chi connectivity index (χ2v) is 5.31. The molecule has 0 aromatic carbocycles. The van der Waals surface area contributed by atoms with Gasteiger partial charge in [-0.05, 0) is 6.92 Å². The summed E-state index contributed by atoms with van der Waals surface area (Å²) >= 11 is 0. The average molecular weight is 424 g/mol. The first-order valence-corrected chi connectivity index (χ1v) is 7.34. The van der Waals surface area contributed by atoms with Crippen molar-refractivity contribution in [3.63, 3.8) is 0 Å². The Balaban J connectivity index is 0.000000821. The van der Waals surface area contributed by atoms with Crippen LogP contribution in [0, 0.1) is 0 Å². The Bertz CT molecular complexity index is 436. The third kappa shape index (κ3) is 8.64. The van der Waals surface area contributed by atoms with Gasteiger partial charge in [0.05, 0.1) is 19.8 Å². The van der Waals surface area contributed by atoms with E-state index in [0.717, 1.165) is 6.08 Å². The van der Waals surface area contributed by atoms with Gasteiger partial charge in [0.15, 0.2) is 6.17 Å². The summed E-state index contributed by atoms with van der Waals surface area (Å²) in [6, 6.07) is 0. The Kier molecular flexibility index (Phi) is 10.0. The van der Waals surface area contributed by atoms with Gasteiger partial charge < -0.3 is 14.2 Å². The molecule has 0 aromatic rings. The number of alkyl halides is 10. The van der Waals surface area contributed by atoms with Crippen LogP contribution in [0.3, 0.4) is 0 Å². The van der Waals surface area contributed by atoms with Crippen molar-refractivity contribution in [2.24, 2.45) is 0 Å². The fourth-order valence-corrected chi connectivity index (χ4v) is 1.66. The lowest BCUT2D eigenvalue weighted by molar-refractivity contribution is -0.323. The van der Waals surface area contributed by atoms with Gasteiger partial charge in [0.1, 0.15) is 18.9 Å². The molecule has 1 rings (SSSR count). The molecule has 0 aliphatic carbocycles. The highest BCUT2D eigenvalue weighted by atomic mass is 19.4. The zero-order chi connectivity index (χ0) is 21.5. The number of rotatable bonds is 6. The second kappa shape index (κ2) is 10.5. The van der Waals surface area contributed by atoms with E-state index in [2.05, 4.69) is 20.8 Å². The van der Waals surface area contributed by atoms with Crippen LogP contribution in [-0.4, -0.2) is 69.3 Å². The van der Waals surface area contributed by atoms with Gasteiger partial charge in [0.25, 0.3) is 0 Å². The van der Waals surface area contributed by atoms with Crippen molar-refractivity contribution in [3.8, 4) is 0 Å². The van der Waals surface area contributed by atoms with Crippen LogP contribution in [0.1, 0.15) is 6.92 Å². The zero-order valence-corrected chi connectivity index (χ0v) is 13.9. The van der Waals surface area contributed by atoms with E-state index < -0.39 is 62.6 Å². The first-order valence-electron chi connectivity index (χ1n) is 7.34. The van der Waals surface area contributed by atoms with Gasteiger partial charge in [0, 0.05) is 0 Å². The normalized spacial score (nSPS) is 23.8. The van der Waals surface area contributed by atoms with Crippen LogP contribution < -0.4 is 0 Å². The van der Waals surface area contributed by atoms with Gasteiger partial charge in [0.2, 0.25) is 6.10 Å². The average Bonchev–Trinajstić information content (AvgIpc) is 2.53. The molecular formula is C14H18F10O3. The molecule has 0 amide bonds. The Labute approximate surface area is 148 Å². The molecule has 1 aliphatic heterocycles. The molecule has 0 radical (unpaired) electrons. The highest BCUT2D eigenvalue weighted by molar-refractivity contribution is 4.93. The highest BCUT2D eigenvalue weighted by Crippen LogP contribution is 2.39. The van der Waals surface area contributed by atoms with Crippen molar-refractivity contribution >= 4 is 0 Å². The molecule has 1 aliphatic rings. The van der Waals surface area contributed by atoms with Crippen LogP contribution in [0.15, 0.2) is 12.7 Å². The lowest BCUT2D eigenvalue weighted by atomic mass is 10.1. The third-order valence-electron chi connectivity index (χ3n) is 3.01. The van der Waals surface area contributed by atoms with Crippen molar-refractivity contribution in [2.75, 3.05) is 26.5 Å². The maximum Gasteiger partial charge on any atom is 0.420 e. The Morgan fingerprint density at radius 1 is 1.07 bits per heavy atom. The number of halogens is 10. The molecule has 0 spiro atoms. The molecule has 1 heterocycles. The molecule has 0 N–H and O–H groups in total. The van der Waals surface area contributed by atoms with Gasteiger partial charge in [-0.25, -0.2) is 17.6 Å². The van der Waals surface area contributed by atoms with E-state index >= 15 is 0 Å². The zero-order valence-electron chi connectivity index (χ0n) is 13.9. The molecule has 1 saturated heterocycles. The molecule has 0 bridgehead atoms. The fraction of sp³-hybridized carbons (Fsp3) is 0.857. The number of hydrogen-bond donors (Lipinski definition) is 0. The van der Waals surface area contributed by atoms with Gasteiger partial charge in [-0.1, -0.05) is 6.08 Å². The minimum Gasteiger partial charge on any atom is -0.376 e. The van der Waals surface area contributed by atoms with Gasteiger partial charge in [-0.15, -0.1) is 6.58 Å². The maximum absolute atomic E-state index is 13.9. The van der Waals surface area contributed by atoms with Crippen LogP contribution in [0.25, 0.3) is 0 Å². The summed E-state index contributed by atoms with van der Waals surface area (Å²) in [4.78, 5) is 0. The topological polar surface area (TPSA) is 27.7 Å². The Morgan fingerprint density at radius 2 is 1.59 bits per heavy atom. The van der Waals surface area contributed by atoms with Gasteiger partial charge in [-0.2, -0.15) is 26.3 Å². The molecule has 1 fully saturated rings. The lowest BCUT2D eigenvalue weighted by Gasteiger charge is -2.37. The van der Waals surface area contributed by atoms with Gasteiger partial charge in [-0.3, -0.25) is 0 Å². The van der Waals surface area contributed by atoms with Gasteiger partial charge >= 0.3 is 18.3 Å². The molecule has 4 atom stereocenters. The van der Waals surface area contributed by atoms with E-state index in [0.29, 0.717) is 6.92 Å². The van der Waals surface area contributed by atoms with E-state index in [1.807, 2.05) is 0 Å². The summed E-state index contributed by atoms with van der Waals surface area (Å²) in [6.45, 7) is 0.659. The van der Waals surface area contributed by atoms with Crippen molar-refractivity contribution in [1.82, 2.24) is 0 Å². The summed E-state index contributed by atoms with van der Waals surface area (Å²) < 4.78 is 135. The van der Waals surface area contributed by atoms with Crippen molar-refractivity contribution in [2.45, 2.75) is 49.7 Å². The fourth-order valence-electron chi connectivity index (χ4n) is 1.66. The summed E-state index contributed by atoms with van der Waals surface area (Å²) in [6.07, 6.45) is -18.7. The number of ether oxygens (including phenoxy) is 3. The SMILES string of the molecule is C=CCOC(C(F)(F)F)C(F)(F)C1COCC(CF)O1.CC(F)C(F)(F)F. The molecule has 0 saturated carbocycles. The van der Waals surface area contributed by atoms with E-state index in [1.54, 1.807) is 0 Å². The van der Waals surface area contributed by atoms with Crippen LogP contribution in [0.4, 0.5) is 43.9 Å². The molecule has 4 unspecified atom stereocenters. The third-order valence-corrected chi connectivity index (χ3v) is 3.01. The lowest BCUT2D eigenvalue weighted by Crippen LogP contribution is -2.58. The molecule has 13 heteroatoms. The van der Waals surface area contributed by atoms with E-state index in [1.165, 1.54) is 0 Å². The standard InChI is InChI=1S/C11H14F6O3.C3H4F4/c1-2-3-19-9(11(15,16)17)10(13,14)8-6-18-5-7(4-12)20-8;1-2(4)3(5,6)7/h2,7-9H,1,3-6H2;2H,1H3. The largest absolute Gasteiger partial charge is 0.420 e. The molecule has 27 heavy (non-hydrogen) atoms. The van der Waals surface area contributed by atoms with Crippen molar-refractivity contribution < 1.29 is 58.1 Å². The summed E-state index contributed by atoms with van der Waals surface area (Å²) in [5.41, 5.74) is 0. The van der Waals surface area contributed by atoms with Crippen molar-refractivity contribution in [3.05, 3.63) is 12.7 Å². The van der Waals surface area contributed by atoms with Crippen LogP contribution >= 0.6 is 0 Å². The quantitative estimate of drug-likeness (QED) is 0.467. The number of hydrogen-bond acceptors (Lipinski definition) is 3. The molecule has 3 nitrogen and oxygen atoms in total. The first kappa shape index (κ1) is 25.9. The van der Waals surface area contributed by atoms with E-state index in [9.17, 15) is 43.9 Å².